The van der Waals surface area contributed by atoms with Crippen molar-refractivity contribution in [1.82, 2.24) is 34.2 Å². The molecule has 1 aliphatic heterocycles. The Morgan fingerprint density at radius 2 is 1.98 bits per heavy atom. The van der Waals surface area contributed by atoms with Gasteiger partial charge in [0.2, 0.25) is 5.88 Å². The highest BCUT2D eigenvalue weighted by molar-refractivity contribution is 5.92. The molecule has 1 aliphatic rings. The molecule has 12 nitrogen and oxygen atoms in total. The molecule has 224 valence electrons. The Morgan fingerprint density at radius 1 is 1.11 bits per heavy atom. The van der Waals surface area contributed by atoms with Crippen LogP contribution in [0.4, 0.5) is 10.2 Å². The van der Waals surface area contributed by atoms with Crippen molar-refractivity contribution in [3.05, 3.63) is 95.1 Å². The first-order valence-corrected chi connectivity index (χ1v) is 14.1. The van der Waals surface area contributed by atoms with Crippen LogP contribution in [-0.4, -0.2) is 71.0 Å². The molecule has 5 aromatic rings. The van der Waals surface area contributed by atoms with Crippen molar-refractivity contribution < 1.29 is 19.0 Å². The van der Waals surface area contributed by atoms with Gasteiger partial charge < -0.3 is 23.9 Å². The molecule has 0 bridgehead atoms. The topological polar surface area (TPSA) is 138 Å². The number of nitriles is 1. The molecule has 0 unspecified atom stereocenters. The number of carboxylic acid groups (broad SMARTS) is 1. The standard InChI is InChI=1S/C31H30FN9O3/c1-20-15-40(27-4-3-5-30(36-27)44-18-23-7-6-21(14-33)12-24(23)32)11-10-39(20)16-28-35-25-9-8-22(31(42)43)13-26(25)41(28)17-29-37-34-19-38(29)2/h3-9,12-13,19-20H,10-11,15-18H2,1-2H3,(H,42,43)/t20-/m0/s1. The number of hydrogen-bond donors (Lipinski definition) is 1. The lowest BCUT2D eigenvalue weighted by molar-refractivity contribution is 0.0697. The number of aromatic carboxylic acids is 1. The smallest absolute Gasteiger partial charge is 0.335 e. The number of aryl methyl sites for hydroxylation is 1. The van der Waals surface area contributed by atoms with Gasteiger partial charge in [-0.25, -0.2) is 14.2 Å². The first-order chi connectivity index (χ1) is 21.3. The fraction of sp³-hybridized carbons (Fsp3) is 0.290. The number of rotatable bonds is 9. The second-order valence-electron chi connectivity index (χ2n) is 10.8. The third-order valence-electron chi connectivity index (χ3n) is 7.88. The van der Waals surface area contributed by atoms with Crippen LogP contribution in [0.15, 0.2) is 60.9 Å². The Bertz CT molecular complexity index is 1880. The maximum absolute atomic E-state index is 14.3. The van der Waals surface area contributed by atoms with Crippen LogP contribution in [0, 0.1) is 17.1 Å². The number of anilines is 1. The summed E-state index contributed by atoms with van der Waals surface area (Å²) >= 11 is 0. The maximum atomic E-state index is 14.3. The Kier molecular flexibility index (Phi) is 7.91. The van der Waals surface area contributed by atoms with E-state index in [9.17, 15) is 14.3 Å². The zero-order chi connectivity index (χ0) is 30.8. The summed E-state index contributed by atoms with van der Waals surface area (Å²) in [5, 5.41) is 26.8. The maximum Gasteiger partial charge on any atom is 0.335 e. The lowest BCUT2D eigenvalue weighted by Crippen LogP contribution is -2.52. The molecule has 0 radical (unpaired) electrons. The number of halogens is 1. The molecule has 1 saturated heterocycles. The Hall–Kier alpha value is -5.35. The van der Waals surface area contributed by atoms with E-state index >= 15 is 0 Å². The second kappa shape index (κ2) is 12.1. The van der Waals surface area contributed by atoms with Gasteiger partial charge in [0.15, 0.2) is 5.82 Å². The monoisotopic (exact) mass is 595 g/mol. The molecule has 1 N–H and O–H groups in total. The number of fused-ring (bicyclic) bond motifs is 1. The van der Waals surface area contributed by atoms with Gasteiger partial charge >= 0.3 is 5.97 Å². The van der Waals surface area contributed by atoms with Gasteiger partial charge in [0.05, 0.1) is 41.3 Å². The Labute approximate surface area is 252 Å². The number of piperazine rings is 1. The lowest BCUT2D eigenvalue weighted by atomic mass is 10.1. The van der Waals surface area contributed by atoms with Gasteiger partial charge in [0, 0.05) is 44.4 Å². The van der Waals surface area contributed by atoms with Crippen LogP contribution >= 0.6 is 0 Å². The number of carboxylic acids is 1. The number of ether oxygens (including phenoxy) is 1. The van der Waals surface area contributed by atoms with Crippen molar-refractivity contribution in [1.29, 1.82) is 5.26 Å². The molecule has 0 saturated carbocycles. The fourth-order valence-corrected chi connectivity index (χ4v) is 5.36. The van der Waals surface area contributed by atoms with Crippen LogP contribution in [-0.2, 0) is 26.7 Å². The highest BCUT2D eigenvalue weighted by Gasteiger charge is 2.27. The highest BCUT2D eigenvalue weighted by Crippen LogP contribution is 2.25. The van der Waals surface area contributed by atoms with E-state index in [0.29, 0.717) is 31.1 Å². The quantitative estimate of drug-likeness (QED) is 0.269. The van der Waals surface area contributed by atoms with E-state index in [1.165, 1.54) is 6.07 Å². The highest BCUT2D eigenvalue weighted by atomic mass is 19.1. The molecule has 1 atom stereocenters. The minimum Gasteiger partial charge on any atom is -0.478 e. The summed E-state index contributed by atoms with van der Waals surface area (Å²) < 4.78 is 23.9. The zero-order valence-electron chi connectivity index (χ0n) is 24.3. The molecule has 1 fully saturated rings. The summed E-state index contributed by atoms with van der Waals surface area (Å²) in [4.78, 5) is 25.8. The SMILES string of the molecule is C[C@H]1CN(c2cccc(OCc3ccc(C#N)cc3F)n2)CCN1Cc1nc2ccc(C(=O)O)cc2n1Cc1nncn1C. The number of imidazole rings is 1. The van der Waals surface area contributed by atoms with E-state index in [1.807, 2.05) is 34.4 Å². The van der Waals surface area contributed by atoms with Gasteiger partial charge in [0.25, 0.3) is 0 Å². The number of nitrogens with zero attached hydrogens (tertiary/aromatic N) is 9. The lowest BCUT2D eigenvalue weighted by Gasteiger charge is -2.40. The molecule has 13 heteroatoms. The van der Waals surface area contributed by atoms with Crippen molar-refractivity contribution in [3.8, 4) is 11.9 Å². The number of pyridine rings is 1. The second-order valence-corrected chi connectivity index (χ2v) is 10.8. The number of carbonyl (C=O) groups is 1. The van der Waals surface area contributed by atoms with E-state index in [-0.39, 0.29) is 23.8 Å². The summed E-state index contributed by atoms with van der Waals surface area (Å²) in [7, 11) is 1.87. The summed E-state index contributed by atoms with van der Waals surface area (Å²) in [6, 6.07) is 16.9. The van der Waals surface area contributed by atoms with Crippen LogP contribution in [0.1, 0.15) is 40.1 Å². The first-order valence-electron chi connectivity index (χ1n) is 14.1. The Balaban J connectivity index is 1.16. The van der Waals surface area contributed by atoms with E-state index in [1.54, 1.807) is 42.7 Å². The molecular formula is C31H30FN9O3. The van der Waals surface area contributed by atoms with Crippen molar-refractivity contribution in [2.75, 3.05) is 24.5 Å². The van der Waals surface area contributed by atoms with E-state index < -0.39 is 11.8 Å². The van der Waals surface area contributed by atoms with E-state index in [0.717, 1.165) is 41.6 Å². The predicted octanol–water partition coefficient (Wildman–Crippen LogP) is 3.61. The molecule has 0 amide bonds. The molecule has 0 aliphatic carbocycles. The van der Waals surface area contributed by atoms with Gasteiger partial charge in [-0.2, -0.15) is 10.2 Å². The third kappa shape index (κ3) is 5.93. The van der Waals surface area contributed by atoms with Crippen LogP contribution in [0.3, 0.4) is 0 Å². The van der Waals surface area contributed by atoms with Crippen LogP contribution in [0.2, 0.25) is 0 Å². The molecular weight excluding hydrogens is 565 g/mol. The van der Waals surface area contributed by atoms with Crippen molar-refractivity contribution >= 4 is 22.8 Å². The van der Waals surface area contributed by atoms with Gasteiger partial charge in [-0.05, 0) is 43.3 Å². The molecule has 3 aromatic heterocycles. The fourth-order valence-electron chi connectivity index (χ4n) is 5.36. The van der Waals surface area contributed by atoms with Crippen molar-refractivity contribution in [2.45, 2.75) is 32.7 Å². The van der Waals surface area contributed by atoms with Crippen LogP contribution in [0.25, 0.3) is 11.0 Å². The molecule has 2 aromatic carbocycles. The molecule has 4 heterocycles. The first kappa shape index (κ1) is 28.8. The molecule has 44 heavy (non-hydrogen) atoms. The zero-order valence-corrected chi connectivity index (χ0v) is 24.3. The van der Waals surface area contributed by atoms with E-state index in [4.69, 9.17) is 15.0 Å². The minimum absolute atomic E-state index is 0.00146. The molecule has 0 spiro atoms. The average molecular weight is 596 g/mol. The molecule has 6 rings (SSSR count). The summed E-state index contributed by atoms with van der Waals surface area (Å²) in [5.41, 5.74) is 2.26. The van der Waals surface area contributed by atoms with Gasteiger partial charge in [-0.15, -0.1) is 10.2 Å². The van der Waals surface area contributed by atoms with E-state index in [2.05, 4.69) is 31.9 Å². The Morgan fingerprint density at radius 3 is 2.70 bits per heavy atom. The average Bonchev–Trinajstić information content (AvgIpc) is 3.59. The van der Waals surface area contributed by atoms with Gasteiger partial charge in [0.1, 0.15) is 30.4 Å². The summed E-state index contributed by atoms with van der Waals surface area (Å²) in [6.45, 7) is 5.31. The number of aromatic nitrogens is 6. The summed E-state index contributed by atoms with van der Waals surface area (Å²) in [6.07, 6.45) is 1.64. The third-order valence-corrected chi connectivity index (χ3v) is 7.88. The van der Waals surface area contributed by atoms with Crippen LogP contribution < -0.4 is 9.64 Å². The van der Waals surface area contributed by atoms with Crippen molar-refractivity contribution in [2.24, 2.45) is 7.05 Å². The largest absolute Gasteiger partial charge is 0.478 e. The normalized spacial score (nSPS) is 15.4. The summed E-state index contributed by atoms with van der Waals surface area (Å²) in [5.74, 6) is 1.23. The predicted molar refractivity (Wildman–Crippen MR) is 159 cm³/mol. The van der Waals surface area contributed by atoms with Crippen molar-refractivity contribution in [3.63, 3.8) is 0 Å². The van der Waals surface area contributed by atoms with Gasteiger partial charge in [-0.1, -0.05) is 12.1 Å². The van der Waals surface area contributed by atoms with Gasteiger partial charge in [-0.3, -0.25) is 4.90 Å². The van der Waals surface area contributed by atoms with Crippen LogP contribution in [0.5, 0.6) is 5.88 Å². The number of benzene rings is 2. The number of hydrogen-bond acceptors (Lipinski definition) is 9. The minimum atomic E-state index is -0.992.